The van der Waals surface area contributed by atoms with E-state index < -0.39 is 4.92 Å². The molecule has 0 aromatic carbocycles. The number of pyridine rings is 1. The second-order valence-corrected chi connectivity index (χ2v) is 4.57. The lowest BCUT2D eigenvalue weighted by Crippen LogP contribution is -2.24. The first kappa shape index (κ1) is 13.5. The highest BCUT2D eigenvalue weighted by Gasteiger charge is 2.15. The summed E-state index contributed by atoms with van der Waals surface area (Å²) < 4.78 is 5.40. The average molecular weight is 266 g/mol. The van der Waals surface area contributed by atoms with Gasteiger partial charge in [-0.25, -0.2) is 4.98 Å². The summed E-state index contributed by atoms with van der Waals surface area (Å²) in [7, 11) is 1.69. The molecule has 1 aliphatic rings. The van der Waals surface area contributed by atoms with E-state index in [1.54, 1.807) is 7.05 Å². The third kappa shape index (κ3) is 3.78. The molecule has 2 N–H and O–H groups in total. The van der Waals surface area contributed by atoms with Crippen LogP contribution in [0.25, 0.3) is 0 Å². The Balaban J connectivity index is 2.02. The van der Waals surface area contributed by atoms with E-state index >= 15 is 0 Å². The minimum absolute atomic E-state index is 0.0294. The monoisotopic (exact) mass is 266 g/mol. The zero-order valence-corrected chi connectivity index (χ0v) is 10.9. The molecule has 7 heteroatoms. The van der Waals surface area contributed by atoms with E-state index in [9.17, 15) is 10.1 Å². The summed E-state index contributed by atoms with van der Waals surface area (Å²) in [6.07, 6.45) is 2.18. The molecule has 0 saturated carbocycles. The van der Waals surface area contributed by atoms with Gasteiger partial charge in [-0.1, -0.05) is 0 Å². The number of ether oxygens (including phenoxy) is 1. The van der Waals surface area contributed by atoms with Crippen LogP contribution in [-0.2, 0) is 4.74 Å². The fraction of sp³-hybridized carbons (Fsp3) is 0.583. The van der Waals surface area contributed by atoms with E-state index in [4.69, 9.17) is 4.74 Å². The van der Waals surface area contributed by atoms with Gasteiger partial charge >= 0.3 is 0 Å². The number of nitrogens with zero attached hydrogens (tertiary/aromatic N) is 2. The maximum Gasteiger partial charge on any atom is 0.276 e. The van der Waals surface area contributed by atoms with Crippen LogP contribution in [0.2, 0.25) is 0 Å². The van der Waals surface area contributed by atoms with Crippen molar-refractivity contribution in [3.8, 4) is 0 Å². The number of hydrogen-bond acceptors (Lipinski definition) is 6. The number of nitro groups is 1. The normalized spacial score (nSPS) is 18.9. The van der Waals surface area contributed by atoms with Gasteiger partial charge in [0.25, 0.3) is 5.69 Å². The summed E-state index contributed by atoms with van der Waals surface area (Å²) in [5, 5.41) is 16.8. The molecule has 1 atom stereocenters. The minimum Gasteiger partial charge on any atom is -0.381 e. The molecule has 1 fully saturated rings. The summed E-state index contributed by atoms with van der Waals surface area (Å²) >= 11 is 0. The lowest BCUT2D eigenvalue weighted by Gasteiger charge is -2.22. The lowest BCUT2D eigenvalue weighted by atomic mass is 10.0. The molecule has 0 bridgehead atoms. The predicted octanol–water partition coefficient (Wildman–Crippen LogP) is 1.87. The Morgan fingerprint density at radius 2 is 2.32 bits per heavy atom. The molecule has 19 heavy (non-hydrogen) atoms. The number of nitrogens with one attached hydrogen (secondary N) is 2. The Morgan fingerprint density at radius 3 is 2.95 bits per heavy atom. The Kier molecular flexibility index (Phi) is 4.51. The SMILES string of the molecule is CNc1cc([N+](=O)[O-])cc(NCC2CCCOC2)n1. The zero-order valence-electron chi connectivity index (χ0n) is 10.9. The fourth-order valence-electron chi connectivity index (χ4n) is 2.06. The molecule has 0 spiro atoms. The quantitative estimate of drug-likeness (QED) is 0.624. The van der Waals surface area contributed by atoms with Gasteiger partial charge in [0.1, 0.15) is 11.6 Å². The first-order valence-corrected chi connectivity index (χ1v) is 6.35. The van der Waals surface area contributed by atoms with Crippen LogP contribution in [0, 0.1) is 16.0 Å². The van der Waals surface area contributed by atoms with Crippen LogP contribution in [0.4, 0.5) is 17.3 Å². The maximum absolute atomic E-state index is 10.8. The standard InChI is InChI=1S/C12H18N4O3/c1-13-11-5-10(16(17)18)6-12(15-11)14-7-9-3-2-4-19-8-9/h5-6,9H,2-4,7-8H2,1H3,(H2,13,14,15). The van der Waals surface area contributed by atoms with Gasteiger partial charge in [-0.2, -0.15) is 0 Å². The third-order valence-electron chi connectivity index (χ3n) is 3.10. The van der Waals surface area contributed by atoms with Crippen molar-refractivity contribution in [2.24, 2.45) is 5.92 Å². The van der Waals surface area contributed by atoms with Gasteiger partial charge < -0.3 is 15.4 Å². The molecule has 1 aliphatic heterocycles. The molecule has 0 radical (unpaired) electrons. The fourth-order valence-corrected chi connectivity index (χ4v) is 2.06. The average Bonchev–Trinajstić information content (AvgIpc) is 2.45. The molecule has 0 amide bonds. The van der Waals surface area contributed by atoms with Crippen LogP contribution >= 0.6 is 0 Å². The van der Waals surface area contributed by atoms with Crippen molar-refractivity contribution in [1.82, 2.24) is 4.98 Å². The highest BCUT2D eigenvalue weighted by atomic mass is 16.6. The summed E-state index contributed by atoms with van der Waals surface area (Å²) in [4.78, 5) is 14.7. The highest BCUT2D eigenvalue weighted by molar-refractivity contribution is 5.54. The first-order valence-electron chi connectivity index (χ1n) is 6.35. The first-order chi connectivity index (χ1) is 9.19. The van der Waals surface area contributed by atoms with Crippen LogP contribution in [0.1, 0.15) is 12.8 Å². The molecular weight excluding hydrogens is 248 g/mol. The topological polar surface area (TPSA) is 89.3 Å². The largest absolute Gasteiger partial charge is 0.381 e. The van der Waals surface area contributed by atoms with Gasteiger partial charge in [0.05, 0.1) is 23.7 Å². The van der Waals surface area contributed by atoms with E-state index in [1.807, 2.05) is 0 Å². The van der Waals surface area contributed by atoms with Gasteiger partial charge in [0, 0.05) is 20.2 Å². The van der Waals surface area contributed by atoms with Gasteiger partial charge in [-0.05, 0) is 18.8 Å². The third-order valence-corrected chi connectivity index (χ3v) is 3.10. The van der Waals surface area contributed by atoms with E-state index in [2.05, 4.69) is 15.6 Å². The molecule has 1 unspecified atom stereocenters. The van der Waals surface area contributed by atoms with Crippen molar-refractivity contribution in [1.29, 1.82) is 0 Å². The van der Waals surface area contributed by atoms with Gasteiger partial charge in [-0.15, -0.1) is 0 Å². The van der Waals surface area contributed by atoms with Crippen molar-refractivity contribution in [2.75, 3.05) is 37.4 Å². The summed E-state index contributed by atoms with van der Waals surface area (Å²) in [5.41, 5.74) is 0.0294. The van der Waals surface area contributed by atoms with Gasteiger partial charge in [0.15, 0.2) is 0 Å². The number of hydrogen-bond donors (Lipinski definition) is 2. The van der Waals surface area contributed by atoms with E-state index in [1.165, 1.54) is 12.1 Å². The second kappa shape index (κ2) is 6.33. The number of rotatable bonds is 5. The van der Waals surface area contributed by atoms with E-state index in [0.717, 1.165) is 32.6 Å². The molecule has 104 valence electrons. The Bertz CT molecular complexity index is 447. The van der Waals surface area contributed by atoms with Crippen LogP contribution < -0.4 is 10.6 Å². The van der Waals surface area contributed by atoms with Crippen molar-refractivity contribution >= 4 is 17.3 Å². The molecule has 7 nitrogen and oxygen atoms in total. The zero-order chi connectivity index (χ0) is 13.7. The molecule has 1 saturated heterocycles. The van der Waals surface area contributed by atoms with Gasteiger partial charge in [-0.3, -0.25) is 10.1 Å². The van der Waals surface area contributed by atoms with E-state index in [0.29, 0.717) is 17.6 Å². The summed E-state index contributed by atoms with van der Waals surface area (Å²) in [6.45, 7) is 2.29. The van der Waals surface area contributed by atoms with Crippen molar-refractivity contribution in [2.45, 2.75) is 12.8 Å². The molecule has 1 aromatic heterocycles. The van der Waals surface area contributed by atoms with Crippen LogP contribution in [-0.4, -0.2) is 36.7 Å². The molecular formula is C12H18N4O3. The summed E-state index contributed by atoms with van der Waals surface area (Å²) in [6, 6.07) is 2.86. The number of aromatic nitrogens is 1. The van der Waals surface area contributed by atoms with Gasteiger partial charge in [0.2, 0.25) is 0 Å². The minimum atomic E-state index is -0.419. The highest BCUT2D eigenvalue weighted by Crippen LogP contribution is 2.21. The lowest BCUT2D eigenvalue weighted by molar-refractivity contribution is -0.384. The second-order valence-electron chi connectivity index (χ2n) is 4.57. The van der Waals surface area contributed by atoms with Crippen LogP contribution in [0.3, 0.4) is 0 Å². The molecule has 1 aromatic rings. The van der Waals surface area contributed by atoms with Crippen LogP contribution in [0.5, 0.6) is 0 Å². The van der Waals surface area contributed by atoms with Crippen molar-refractivity contribution < 1.29 is 9.66 Å². The maximum atomic E-state index is 10.8. The summed E-state index contributed by atoms with van der Waals surface area (Å²) in [5.74, 6) is 1.44. The number of anilines is 2. The Hall–Kier alpha value is -1.89. The smallest absolute Gasteiger partial charge is 0.276 e. The Morgan fingerprint density at radius 1 is 1.53 bits per heavy atom. The molecule has 2 rings (SSSR count). The van der Waals surface area contributed by atoms with Crippen molar-refractivity contribution in [3.63, 3.8) is 0 Å². The predicted molar refractivity (Wildman–Crippen MR) is 72.5 cm³/mol. The Labute approximate surface area is 111 Å². The van der Waals surface area contributed by atoms with Crippen molar-refractivity contribution in [3.05, 3.63) is 22.2 Å². The van der Waals surface area contributed by atoms with E-state index in [-0.39, 0.29) is 5.69 Å². The van der Waals surface area contributed by atoms with Crippen LogP contribution in [0.15, 0.2) is 12.1 Å². The molecule has 2 heterocycles. The molecule has 0 aliphatic carbocycles.